The zero-order chi connectivity index (χ0) is 20.5. The molecule has 1 fully saturated rings. The molecule has 0 bridgehead atoms. The number of nitrogens with one attached hydrogen (secondary N) is 1. The average Bonchev–Trinajstić information content (AvgIpc) is 3.12. The van der Waals surface area contributed by atoms with Crippen LogP contribution in [0.15, 0.2) is 59.8 Å². The SMILES string of the molecule is CC(C)(C)c1ccc(NC(=O)[C@H]2CC[C@@]3(CC2)CC(c2ccccc2)=NO3)cc1. The highest BCUT2D eigenvalue weighted by atomic mass is 16.7. The van der Waals surface area contributed by atoms with Crippen LogP contribution in [0.25, 0.3) is 0 Å². The fourth-order valence-electron chi connectivity index (χ4n) is 4.28. The van der Waals surface area contributed by atoms with Gasteiger partial charge in [0.05, 0.1) is 5.71 Å². The van der Waals surface area contributed by atoms with Crippen molar-refractivity contribution in [1.82, 2.24) is 0 Å². The molecule has 2 aromatic carbocycles. The molecule has 0 radical (unpaired) electrons. The Morgan fingerprint density at radius 1 is 1.03 bits per heavy atom. The van der Waals surface area contributed by atoms with Gasteiger partial charge in [0.1, 0.15) is 5.60 Å². The van der Waals surface area contributed by atoms with E-state index in [2.05, 4.69) is 55.5 Å². The highest BCUT2D eigenvalue weighted by Crippen LogP contribution is 2.41. The quantitative estimate of drug-likeness (QED) is 0.733. The molecule has 2 aliphatic rings. The van der Waals surface area contributed by atoms with E-state index in [1.807, 2.05) is 30.3 Å². The van der Waals surface area contributed by atoms with Crippen molar-refractivity contribution in [3.05, 3.63) is 65.7 Å². The molecule has 29 heavy (non-hydrogen) atoms. The summed E-state index contributed by atoms with van der Waals surface area (Å²) < 4.78 is 0. The normalized spacial score (nSPS) is 24.1. The van der Waals surface area contributed by atoms with Crippen molar-refractivity contribution in [3.63, 3.8) is 0 Å². The van der Waals surface area contributed by atoms with Gasteiger partial charge in [-0.05, 0) is 54.4 Å². The summed E-state index contributed by atoms with van der Waals surface area (Å²) in [5.41, 5.74) is 4.17. The summed E-state index contributed by atoms with van der Waals surface area (Å²) in [5, 5.41) is 7.46. The van der Waals surface area contributed by atoms with Gasteiger partial charge in [0.2, 0.25) is 5.91 Å². The molecule has 4 rings (SSSR count). The van der Waals surface area contributed by atoms with Gasteiger partial charge < -0.3 is 10.2 Å². The van der Waals surface area contributed by atoms with E-state index >= 15 is 0 Å². The number of benzene rings is 2. The molecule has 1 N–H and O–H groups in total. The van der Waals surface area contributed by atoms with Crippen LogP contribution < -0.4 is 5.32 Å². The Morgan fingerprint density at radius 2 is 1.69 bits per heavy atom. The molecular formula is C25H30N2O2. The molecule has 0 atom stereocenters. The number of carbonyl (C=O) groups is 1. The summed E-state index contributed by atoms with van der Waals surface area (Å²) in [7, 11) is 0. The Kier molecular flexibility index (Phi) is 5.20. The minimum Gasteiger partial charge on any atom is -0.389 e. The largest absolute Gasteiger partial charge is 0.389 e. The fourth-order valence-corrected chi connectivity index (χ4v) is 4.28. The molecule has 0 unspecified atom stereocenters. The lowest BCUT2D eigenvalue weighted by Crippen LogP contribution is -2.37. The van der Waals surface area contributed by atoms with Gasteiger partial charge in [-0.25, -0.2) is 0 Å². The molecule has 1 spiro atoms. The van der Waals surface area contributed by atoms with Crippen LogP contribution in [-0.2, 0) is 15.0 Å². The van der Waals surface area contributed by atoms with Gasteiger partial charge in [-0.3, -0.25) is 4.79 Å². The Labute approximate surface area is 173 Å². The first-order chi connectivity index (χ1) is 13.8. The second-order valence-electron chi connectivity index (χ2n) is 9.45. The summed E-state index contributed by atoms with van der Waals surface area (Å²) >= 11 is 0. The lowest BCUT2D eigenvalue weighted by Gasteiger charge is -2.34. The maximum absolute atomic E-state index is 12.8. The number of nitrogens with zero attached hydrogens (tertiary/aromatic N) is 1. The summed E-state index contributed by atoms with van der Waals surface area (Å²) in [4.78, 5) is 18.7. The molecule has 4 nitrogen and oxygen atoms in total. The van der Waals surface area contributed by atoms with Crippen LogP contribution in [0.5, 0.6) is 0 Å². The minimum atomic E-state index is -0.226. The van der Waals surface area contributed by atoms with Gasteiger partial charge in [-0.1, -0.05) is 68.4 Å². The number of oxime groups is 1. The van der Waals surface area contributed by atoms with Gasteiger partial charge in [0.15, 0.2) is 0 Å². The zero-order valence-electron chi connectivity index (χ0n) is 17.6. The van der Waals surface area contributed by atoms with E-state index in [0.717, 1.165) is 49.1 Å². The van der Waals surface area contributed by atoms with Gasteiger partial charge in [0.25, 0.3) is 0 Å². The van der Waals surface area contributed by atoms with Crippen molar-refractivity contribution in [2.75, 3.05) is 5.32 Å². The highest BCUT2D eigenvalue weighted by molar-refractivity contribution is 6.01. The minimum absolute atomic E-state index is 0.0345. The van der Waals surface area contributed by atoms with Crippen LogP contribution >= 0.6 is 0 Å². The second-order valence-corrected chi connectivity index (χ2v) is 9.45. The number of anilines is 1. The van der Waals surface area contributed by atoms with Crippen molar-refractivity contribution in [2.45, 2.75) is 63.9 Å². The van der Waals surface area contributed by atoms with E-state index in [-0.39, 0.29) is 22.8 Å². The lowest BCUT2D eigenvalue weighted by atomic mass is 9.76. The van der Waals surface area contributed by atoms with Gasteiger partial charge in [-0.15, -0.1) is 0 Å². The van der Waals surface area contributed by atoms with Crippen LogP contribution in [0.1, 0.15) is 64.0 Å². The first kappa shape index (κ1) is 19.7. The van der Waals surface area contributed by atoms with Crippen molar-refractivity contribution in [1.29, 1.82) is 0 Å². The molecule has 1 amide bonds. The van der Waals surface area contributed by atoms with E-state index in [1.54, 1.807) is 0 Å². The van der Waals surface area contributed by atoms with Crippen molar-refractivity contribution in [2.24, 2.45) is 11.1 Å². The Balaban J connectivity index is 1.31. The second kappa shape index (κ2) is 7.66. The molecule has 4 heteroatoms. The molecule has 1 heterocycles. The number of amides is 1. The van der Waals surface area contributed by atoms with E-state index in [9.17, 15) is 4.79 Å². The predicted molar refractivity (Wildman–Crippen MR) is 117 cm³/mol. The van der Waals surface area contributed by atoms with Gasteiger partial charge in [0, 0.05) is 18.0 Å². The lowest BCUT2D eigenvalue weighted by molar-refractivity contribution is -0.123. The number of rotatable bonds is 3. The maximum atomic E-state index is 12.8. The zero-order valence-corrected chi connectivity index (χ0v) is 17.6. The standard InChI is InChI=1S/C25H30N2O2/c1-24(2,3)20-9-11-21(12-10-20)26-23(28)19-13-15-25(16-14-19)17-22(27-29-25)18-7-5-4-6-8-18/h4-12,19H,13-17H2,1-3H3,(H,26,28)/t19-,25+. The van der Waals surface area contributed by atoms with Crippen molar-refractivity contribution < 1.29 is 9.63 Å². The van der Waals surface area contributed by atoms with Crippen LogP contribution in [0, 0.1) is 5.92 Å². The highest BCUT2D eigenvalue weighted by Gasteiger charge is 2.44. The molecule has 2 aromatic rings. The summed E-state index contributed by atoms with van der Waals surface area (Å²) in [6.07, 6.45) is 4.24. The molecule has 1 aliphatic carbocycles. The molecule has 152 valence electrons. The third-order valence-electron chi connectivity index (χ3n) is 6.23. The smallest absolute Gasteiger partial charge is 0.227 e. The van der Waals surface area contributed by atoms with E-state index in [0.29, 0.717) is 0 Å². The first-order valence-corrected chi connectivity index (χ1v) is 10.6. The fraction of sp³-hybridized carbons (Fsp3) is 0.440. The molecule has 1 saturated carbocycles. The molecular weight excluding hydrogens is 360 g/mol. The molecule has 0 saturated heterocycles. The van der Waals surface area contributed by atoms with Crippen LogP contribution in [0.4, 0.5) is 5.69 Å². The number of carbonyl (C=O) groups excluding carboxylic acids is 1. The summed E-state index contributed by atoms with van der Waals surface area (Å²) in [6, 6.07) is 18.4. The van der Waals surface area contributed by atoms with Gasteiger partial charge in [-0.2, -0.15) is 0 Å². The monoisotopic (exact) mass is 390 g/mol. The number of hydrogen-bond acceptors (Lipinski definition) is 3. The Hall–Kier alpha value is -2.62. The Morgan fingerprint density at radius 3 is 2.31 bits per heavy atom. The van der Waals surface area contributed by atoms with Crippen LogP contribution in [0.2, 0.25) is 0 Å². The van der Waals surface area contributed by atoms with E-state index in [1.165, 1.54) is 5.56 Å². The molecule has 1 aliphatic heterocycles. The summed E-state index contributed by atoms with van der Waals surface area (Å²) in [5.74, 6) is 0.151. The maximum Gasteiger partial charge on any atom is 0.227 e. The van der Waals surface area contributed by atoms with Gasteiger partial charge >= 0.3 is 0 Å². The number of hydrogen-bond donors (Lipinski definition) is 1. The van der Waals surface area contributed by atoms with E-state index in [4.69, 9.17) is 4.84 Å². The van der Waals surface area contributed by atoms with Crippen molar-refractivity contribution in [3.8, 4) is 0 Å². The Bertz CT molecular complexity index is 887. The van der Waals surface area contributed by atoms with Crippen LogP contribution in [-0.4, -0.2) is 17.2 Å². The third-order valence-corrected chi connectivity index (χ3v) is 6.23. The average molecular weight is 391 g/mol. The third kappa shape index (κ3) is 4.36. The first-order valence-electron chi connectivity index (χ1n) is 10.6. The molecule has 0 aromatic heterocycles. The van der Waals surface area contributed by atoms with E-state index < -0.39 is 0 Å². The van der Waals surface area contributed by atoms with Crippen molar-refractivity contribution >= 4 is 17.3 Å². The van der Waals surface area contributed by atoms with Crippen LogP contribution in [0.3, 0.4) is 0 Å². The topological polar surface area (TPSA) is 50.7 Å². The summed E-state index contributed by atoms with van der Waals surface area (Å²) in [6.45, 7) is 6.57. The predicted octanol–water partition coefficient (Wildman–Crippen LogP) is 5.68.